The Kier molecular flexibility index (Phi) is 4.69. The Morgan fingerprint density at radius 3 is 2.25 bits per heavy atom. The van der Waals surface area contributed by atoms with Crippen LogP contribution in [-0.4, -0.2) is 34.7 Å². The van der Waals surface area contributed by atoms with Crippen LogP contribution in [0.5, 0.6) is 0 Å². The van der Waals surface area contributed by atoms with Gasteiger partial charge in [0.05, 0.1) is 5.56 Å². The first kappa shape index (κ1) is 16.3. The van der Waals surface area contributed by atoms with Gasteiger partial charge in [0.15, 0.2) is 5.78 Å². The number of pyridine rings is 1. The van der Waals surface area contributed by atoms with Crippen LogP contribution < -0.4 is 0 Å². The van der Waals surface area contributed by atoms with E-state index in [4.69, 9.17) is 0 Å². The number of amides is 1. The van der Waals surface area contributed by atoms with Crippen molar-refractivity contribution in [3.8, 4) is 0 Å². The van der Waals surface area contributed by atoms with E-state index in [0.29, 0.717) is 37.1 Å². The summed E-state index contributed by atoms with van der Waals surface area (Å²) in [6.07, 6.45) is 2.84. The molecule has 0 aliphatic carbocycles. The predicted octanol–water partition coefficient (Wildman–Crippen LogP) is 3.26. The van der Waals surface area contributed by atoms with Crippen molar-refractivity contribution in [3.05, 3.63) is 65.2 Å². The highest BCUT2D eigenvalue weighted by atomic mass is 19.1. The largest absolute Gasteiger partial charge is 0.339 e. The van der Waals surface area contributed by atoms with Gasteiger partial charge in [-0.15, -0.1) is 0 Å². The second-order valence-electron chi connectivity index (χ2n) is 6.13. The van der Waals surface area contributed by atoms with Gasteiger partial charge in [0, 0.05) is 36.5 Å². The van der Waals surface area contributed by atoms with Crippen molar-refractivity contribution >= 4 is 11.7 Å². The second kappa shape index (κ2) is 6.91. The van der Waals surface area contributed by atoms with Crippen LogP contribution in [0.3, 0.4) is 0 Å². The zero-order chi connectivity index (χ0) is 17.1. The van der Waals surface area contributed by atoms with Gasteiger partial charge in [-0.05, 0) is 56.2 Å². The quantitative estimate of drug-likeness (QED) is 0.814. The van der Waals surface area contributed by atoms with Gasteiger partial charge in [-0.1, -0.05) is 0 Å². The minimum Gasteiger partial charge on any atom is -0.339 e. The van der Waals surface area contributed by atoms with Crippen molar-refractivity contribution < 1.29 is 14.0 Å². The number of hydrogen-bond donors (Lipinski definition) is 0. The average molecular weight is 326 g/mol. The molecule has 2 heterocycles. The van der Waals surface area contributed by atoms with Gasteiger partial charge in [0.2, 0.25) is 0 Å². The fraction of sp³-hybridized carbons (Fsp3) is 0.316. The van der Waals surface area contributed by atoms with Gasteiger partial charge in [-0.3, -0.25) is 14.6 Å². The molecule has 0 saturated carbocycles. The molecule has 3 rings (SSSR count). The van der Waals surface area contributed by atoms with E-state index in [1.165, 1.54) is 24.3 Å². The summed E-state index contributed by atoms with van der Waals surface area (Å²) in [4.78, 5) is 30.8. The molecule has 1 saturated heterocycles. The molecule has 5 heteroatoms. The lowest BCUT2D eigenvalue weighted by Crippen LogP contribution is -2.40. The molecule has 0 unspecified atom stereocenters. The lowest BCUT2D eigenvalue weighted by atomic mass is 9.88. The van der Waals surface area contributed by atoms with Crippen molar-refractivity contribution in [3.63, 3.8) is 0 Å². The van der Waals surface area contributed by atoms with E-state index in [0.717, 1.165) is 5.69 Å². The number of likely N-dealkylation sites (tertiary alicyclic amines) is 1. The third-order valence-electron chi connectivity index (χ3n) is 4.44. The Balaban J connectivity index is 1.61. The van der Waals surface area contributed by atoms with Crippen LogP contribution in [0.2, 0.25) is 0 Å². The Labute approximate surface area is 140 Å². The van der Waals surface area contributed by atoms with E-state index in [1.54, 1.807) is 17.2 Å². The highest BCUT2D eigenvalue weighted by Crippen LogP contribution is 2.23. The summed E-state index contributed by atoms with van der Waals surface area (Å²) in [6, 6.07) is 9.24. The Morgan fingerprint density at radius 2 is 1.67 bits per heavy atom. The van der Waals surface area contributed by atoms with E-state index in [2.05, 4.69) is 4.98 Å². The third kappa shape index (κ3) is 3.50. The number of aryl methyl sites for hydroxylation is 1. The van der Waals surface area contributed by atoms with Crippen LogP contribution >= 0.6 is 0 Å². The Bertz CT molecular complexity index is 667. The smallest absolute Gasteiger partial charge is 0.255 e. The Hall–Kier alpha value is -2.56. The summed E-state index contributed by atoms with van der Waals surface area (Å²) in [5, 5.41) is 0. The molecule has 1 aliphatic rings. The lowest BCUT2D eigenvalue weighted by Gasteiger charge is -2.31. The minimum atomic E-state index is -0.348. The fourth-order valence-corrected chi connectivity index (χ4v) is 2.97. The van der Waals surface area contributed by atoms with Gasteiger partial charge in [0.25, 0.3) is 5.91 Å². The maximum absolute atomic E-state index is 13.0. The molecular formula is C19H19FN2O2. The van der Waals surface area contributed by atoms with Crippen molar-refractivity contribution in [2.75, 3.05) is 13.1 Å². The first-order chi connectivity index (χ1) is 11.5. The molecule has 0 radical (unpaired) electrons. The number of carbonyl (C=O) groups is 2. The lowest BCUT2D eigenvalue weighted by molar-refractivity contribution is 0.0650. The molecule has 1 aromatic heterocycles. The number of benzene rings is 1. The molecule has 1 aromatic carbocycles. The number of aromatic nitrogens is 1. The normalized spacial score (nSPS) is 15.3. The van der Waals surface area contributed by atoms with Gasteiger partial charge in [-0.25, -0.2) is 4.39 Å². The highest BCUT2D eigenvalue weighted by Gasteiger charge is 2.28. The van der Waals surface area contributed by atoms with Gasteiger partial charge >= 0.3 is 0 Å². The van der Waals surface area contributed by atoms with E-state index in [1.807, 2.05) is 13.0 Å². The summed E-state index contributed by atoms with van der Waals surface area (Å²) >= 11 is 0. The van der Waals surface area contributed by atoms with E-state index >= 15 is 0 Å². The zero-order valence-corrected chi connectivity index (χ0v) is 13.5. The zero-order valence-electron chi connectivity index (χ0n) is 13.5. The molecule has 1 fully saturated rings. The maximum atomic E-state index is 13.0. The van der Waals surface area contributed by atoms with E-state index in [-0.39, 0.29) is 23.4 Å². The maximum Gasteiger partial charge on any atom is 0.255 e. The number of rotatable bonds is 3. The van der Waals surface area contributed by atoms with Crippen LogP contribution in [0.4, 0.5) is 4.39 Å². The number of hydrogen-bond acceptors (Lipinski definition) is 3. The fourth-order valence-electron chi connectivity index (χ4n) is 2.97. The van der Waals surface area contributed by atoms with Crippen molar-refractivity contribution in [1.82, 2.24) is 9.88 Å². The number of nitrogens with zero attached hydrogens (tertiary/aromatic N) is 2. The standard InChI is InChI=1S/C19H19FN2O2/c1-13-2-3-16(12-21-13)19(24)22-10-8-15(9-11-22)18(23)14-4-6-17(20)7-5-14/h2-7,12,15H,8-11H2,1H3. The summed E-state index contributed by atoms with van der Waals surface area (Å²) < 4.78 is 13.0. The molecule has 4 nitrogen and oxygen atoms in total. The Morgan fingerprint density at radius 1 is 1.04 bits per heavy atom. The van der Waals surface area contributed by atoms with Crippen LogP contribution in [0.1, 0.15) is 39.3 Å². The summed E-state index contributed by atoms with van der Waals surface area (Å²) in [5.41, 5.74) is 1.97. The first-order valence-electron chi connectivity index (χ1n) is 8.06. The second-order valence-corrected chi connectivity index (χ2v) is 6.13. The molecular weight excluding hydrogens is 307 g/mol. The number of ketones is 1. The van der Waals surface area contributed by atoms with Crippen molar-refractivity contribution in [1.29, 1.82) is 0 Å². The first-order valence-corrected chi connectivity index (χ1v) is 8.06. The van der Waals surface area contributed by atoms with Crippen LogP contribution in [-0.2, 0) is 0 Å². The number of piperidine rings is 1. The molecule has 1 aliphatic heterocycles. The SMILES string of the molecule is Cc1ccc(C(=O)N2CCC(C(=O)c3ccc(F)cc3)CC2)cn1. The summed E-state index contributed by atoms with van der Waals surface area (Å²) in [5.74, 6) is -0.483. The molecule has 0 N–H and O–H groups in total. The van der Waals surface area contributed by atoms with Gasteiger partial charge in [0.1, 0.15) is 5.82 Å². The number of halogens is 1. The minimum absolute atomic E-state index is 0.0269. The molecule has 0 atom stereocenters. The van der Waals surface area contributed by atoms with Crippen molar-refractivity contribution in [2.45, 2.75) is 19.8 Å². The average Bonchev–Trinajstić information content (AvgIpc) is 2.62. The topological polar surface area (TPSA) is 50.3 Å². The monoisotopic (exact) mass is 326 g/mol. The molecule has 124 valence electrons. The third-order valence-corrected chi connectivity index (χ3v) is 4.44. The molecule has 1 amide bonds. The van der Waals surface area contributed by atoms with Crippen LogP contribution in [0, 0.1) is 18.7 Å². The predicted molar refractivity (Wildman–Crippen MR) is 88.3 cm³/mol. The summed E-state index contributed by atoms with van der Waals surface area (Å²) in [7, 11) is 0. The van der Waals surface area contributed by atoms with Crippen LogP contribution in [0.25, 0.3) is 0 Å². The highest BCUT2D eigenvalue weighted by molar-refractivity contribution is 5.98. The van der Waals surface area contributed by atoms with E-state index in [9.17, 15) is 14.0 Å². The van der Waals surface area contributed by atoms with Crippen molar-refractivity contribution in [2.24, 2.45) is 5.92 Å². The van der Waals surface area contributed by atoms with Gasteiger partial charge < -0.3 is 4.90 Å². The molecule has 0 bridgehead atoms. The molecule has 24 heavy (non-hydrogen) atoms. The number of carbonyl (C=O) groups excluding carboxylic acids is 2. The van der Waals surface area contributed by atoms with E-state index < -0.39 is 0 Å². The molecule has 0 spiro atoms. The number of Topliss-reactive ketones (excluding diaryl/α,β-unsaturated/α-hetero) is 1. The van der Waals surface area contributed by atoms with Crippen LogP contribution in [0.15, 0.2) is 42.6 Å². The summed E-state index contributed by atoms with van der Waals surface area (Å²) in [6.45, 7) is 2.97. The molecule has 2 aromatic rings. The van der Waals surface area contributed by atoms with Gasteiger partial charge in [-0.2, -0.15) is 0 Å².